The van der Waals surface area contributed by atoms with Gasteiger partial charge in [0.2, 0.25) is 17.8 Å². The van der Waals surface area contributed by atoms with Crippen LogP contribution in [0.1, 0.15) is 26.2 Å². The molecule has 1 aliphatic rings. The fraction of sp³-hybridized carbons (Fsp3) is 0.357. The lowest BCUT2D eigenvalue weighted by atomic mass is 10.1. The zero-order valence-corrected chi connectivity index (χ0v) is 21.4. The van der Waals surface area contributed by atoms with Crippen molar-refractivity contribution in [2.24, 2.45) is 0 Å². The molecule has 0 atom stereocenters. The molecule has 0 unspecified atom stereocenters. The van der Waals surface area contributed by atoms with Crippen molar-refractivity contribution in [2.75, 3.05) is 55.4 Å². The Hall–Kier alpha value is -3.98. The van der Waals surface area contributed by atoms with Gasteiger partial charge in [-0.05, 0) is 48.9 Å². The molecule has 0 bridgehead atoms. The highest BCUT2D eigenvalue weighted by Crippen LogP contribution is 2.24. The Morgan fingerprint density at radius 2 is 1.62 bits per heavy atom. The van der Waals surface area contributed by atoms with Gasteiger partial charge in [0, 0.05) is 68.5 Å². The number of rotatable bonds is 10. The molecule has 2 heterocycles. The van der Waals surface area contributed by atoms with Gasteiger partial charge in [-0.3, -0.25) is 9.59 Å². The number of amides is 2. The third-order valence-electron chi connectivity index (χ3n) is 6.24. The van der Waals surface area contributed by atoms with Gasteiger partial charge in [0.05, 0.1) is 18.7 Å². The number of carbonyl (C=O) groups excluding carboxylic acids is 2. The van der Waals surface area contributed by atoms with Gasteiger partial charge in [-0.25, -0.2) is 9.97 Å². The second-order valence-electron chi connectivity index (χ2n) is 8.92. The summed E-state index contributed by atoms with van der Waals surface area (Å²) in [6.45, 7) is 5.49. The van der Waals surface area contributed by atoms with Gasteiger partial charge in [0.25, 0.3) is 0 Å². The molecule has 1 fully saturated rings. The zero-order chi connectivity index (χ0) is 26.0. The summed E-state index contributed by atoms with van der Waals surface area (Å²) in [6.07, 6.45) is 3.49. The molecular weight excluding hydrogens is 468 g/mol. The first-order valence-corrected chi connectivity index (χ1v) is 12.7. The van der Waals surface area contributed by atoms with Crippen LogP contribution in [0, 0.1) is 0 Å². The SMILES string of the molecule is CCCC(=O)Nc1ccc(-c2ccnc(Nc3ccc(N4CCN(C(=O)CCOC)CC4)cc3)n2)cc1. The number of benzene rings is 2. The van der Waals surface area contributed by atoms with Crippen LogP contribution in [0.5, 0.6) is 0 Å². The number of aromatic nitrogens is 2. The van der Waals surface area contributed by atoms with Crippen LogP contribution < -0.4 is 15.5 Å². The minimum atomic E-state index is 0.0186. The summed E-state index contributed by atoms with van der Waals surface area (Å²) in [5, 5.41) is 6.17. The Morgan fingerprint density at radius 3 is 2.30 bits per heavy atom. The standard InChI is InChI=1S/C28H34N6O3/c1-3-4-26(35)30-22-7-5-21(6-8-22)25-13-15-29-28(32-25)31-23-9-11-24(12-10-23)33-16-18-34(19-17-33)27(36)14-20-37-2/h5-13,15H,3-4,14,16-20H2,1-2H3,(H,30,35)(H,29,31,32). The van der Waals surface area contributed by atoms with Gasteiger partial charge in [-0.15, -0.1) is 0 Å². The average Bonchev–Trinajstić information content (AvgIpc) is 2.93. The number of hydrogen-bond donors (Lipinski definition) is 2. The molecular formula is C28H34N6O3. The monoisotopic (exact) mass is 502 g/mol. The van der Waals surface area contributed by atoms with Crippen LogP contribution in [-0.2, 0) is 14.3 Å². The molecule has 9 nitrogen and oxygen atoms in total. The Bertz CT molecular complexity index is 1180. The molecule has 1 aliphatic heterocycles. The first-order valence-electron chi connectivity index (χ1n) is 12.7. The lowest BCUT2D eigenvalue weighted by Gasteiger charge is -2.36. The summed E-state index contributed by atoms with van der Waals surface area (Å²) < 4.78 is 5.01. The Morgan fingerprint density at radius 1 is 0.919 bits per heavy atom. The molecule has 9 heteroatoms. The molecule has 2 N–H and O–H groups in total. The molecule has 0 aliphatic carbocycles. The van der Waals surface area contributed by atoms with Crippen molar-refractivity contribution < 1.29 is 14.3 Å². The Kier molecular flexibility index (Phi) is 9.04. The van der Waals surface area contributed by atoms with Crippen LogP contribution >= 0.6 is 0 Å². The summed E-state index contributed by atoms with van der Waals surface area (Å²) in [5.74, 6) is 0.678. The summed E-state index contributed by atoms with van der Waals surface area (Å²) in [4.78, 5) is 37.2. The van der Waals surface area contributed by atoms with Crippen molar-refractivity contribution >= 4 is 34.8 Å². The van der Waals surface area contributed by atoms with E-state index in [-0.39, 0.29) is 11.8 Å². The summed E-state index contributed by atoms with van der Waals surface area (Å²) in [7, 11) is 1.61. The summed E-state index contributed by atoms with van der Waals surface area (Å²) in [6, 6.07) is 17.7. The number of anilines is 4. The highest BCUT2D eigenvalue weighted by atomic mass is 16.5. The molecule has 3 aromatic rings. The van der Waals surface area contributed by atoms with Crippen LogP contribution in [-0.4, -0.2) is 66.6 Å². The topological polar surface area (TPSA) is 99.7 Å². The van der Waals surface area contributed by atoms with Gasteiger partial charge in [0.15, 0.2) is 0 Å². The molecule has 0 saturated carbocycles. The van der Waals surface area contributed by atoms with E-state index in [4.69, 9.17) is 4.74 Å². The van der Waals surface area contributed by atoms with Gasteiger partial charge < -0.3 is 25.2 Å². The fourth-order valence-electron chi connectivity index (χ4n) is 4.20. The first-order chi connectivity index (χ1) is 18.1. The number of piperazine rings is 1. The summed E-state index contributed by atoms with van der Waals surface area (Å²) in [5.41, 5.74) is 4.51. The van der Waals surface area contributed by atoms with Gasteiger partial charge in [-0.2, -0.15) is 0 Å². The number of carbonyl (C=O) groups is 2. The van der Waals surface area contributed by atoms with E-state index in [0.717, 1.165) is 60.9 Å². The molecule has 1 aromatic heterocycles. The van der Waals surface area contributed by atoms with E-state index >= 15 is 0 Å². The molecule has 37 heavy (non-hydrogen) atoms. The largest absolute Gasteiger partial charge is 0.384 e. The predicted molar refractivity (Wildman–Crippen MR) is 146 cm³/mol. The number of ether oxygens (including phenoxy) is 1. The maximum absolute atomic E-state index is 12.2. The van der Waals surface area contributed by atoms with E-state index in [1.165, 1.54) is 0 Å². The van der Waals surface area contributed by atoms with Crippen molar-refractivity contribution in [2.45, 2.75) is 26.2 Å². The minimum absolute atomic E-state index is 0.0186. The van der Waals surface area contributed by atoms with Crippen LogP contribution in [0.3, 0.4) is 0 Å². The summed E-state index contributed by atoms with van der Waals surface area (Å²) >= 11 is 0. The second kappa shape index (κ2) is 12.8. The van der Waals surface area contributed by atoms with E-state index < -0.39 is 0 Å². The lowest BCUT2D eigenvalue weighted by molar-refractivity contribution is -0.132. The van der Waals surface area contributed by atoms with Gasteiger partial charge in [0.1, 0.15) is 0 Å². The molecule has 0 spiro atoms. The second-order valence-corrected chi connectivity index (χ2v) is 8.92. The lowest BCUT2D eigenvalue weighted by Crippen LogP contribution is -2.49. The zero-order valence-electron chi connectivity index (χ0n) is 21.4. The Balaban J connectivity index is 1.33. The predicted octanol–water partition coefficient (Wildman–Crippen LogP) is 4.31. The number of hydrogen-bond acceptors (Lipinski definition) is 7. The van der Waals surface area contributed by atoms with Crippen LogP contribution in [0.4, 0.5) is 23.0 Å². The van der Waals surface area contributed by atoms with Crippen molar-refractivity contribution in [3.63, 3.8) is 0 Å². The van der Waals surface area contributed by atoms with E-state index in [1.807, 2.05) is 54.3 Å². The van der Waals surface area contributed by atoms with Crippen molar-refractivity contribution in [1.29, 1.82) is 0 Å². The molecule has 1 saturated heterocycles. The van der Waals surface area contributed by atoms with E-state index in [1.54, 1.807) is 13.3 Å². The van der Waals surface area contributed by atoms with E-state index in [9.17, 15) is 9.59 Å². The number of nitrogens with zero attached hydrogens (tertiary/aromatic N) is 4. The number of nitrogens with one attached hydrogen (secondary N) is 2. The maximum Gasteiger partial charge on any atom is 0.227 e. The Labute approximate surface area is 217 Å². The normalized spacial score (nSPS) is 13.4. The first kappa shape index (κ1) is 26.1. The number of methoxy groups -OCH3 is 1. The maximum atomic E-state index is 12.2. The van der Waals surface area contributed by atoms with Crippen LogP contribution in [0.2, 0.25) is 0 Å². The van der Waals surface area contributed by atoms with Crippen LogP contribution in [0.15, 0.2) is 60.8 Å². The van der Waals surface area contributed by atoms with Crippen molar-refractivity contribution in [3.05, 3.63) is 60.8 Å². The molecule has 4 rings (SSSR count). The van der Waals surface area contributed by atoms with Gasteiger partial charge in [-0.1, -0.05) is 19.1 Å². The molecule has 194 valence electrons. The van der Waals surface area contributed by atoms with Crippen molar-refractivity contribution in [1.82, 2.24) is 14.9 Å². The quantitative estimate of drug-likeness (QED) is 0.426. The average molecular weight is 503 g/mol. The third kappa shape index (κ3) is 7.27. The fourth-order valence-corrected chi connectivity index (χ4v) is 4.20. The van der Waals surface area contributed by atoms with E-state index in [2.05, 4.69) is 37.6 Å². The highest BCUT2D eigenvalue weighted by molar-refractivity contribution is 5.90. The van der Waals surface area contributed by atoms with Crippen LogP contribution in [0.25, 0.3) is 11.3 Å². The molecule has 2 amide bonds. The van der Waals surface area contributed by atoms with Gasteiger partial charge >= 0.3 is 0 Å². The van der Waals surface area contributed by atoms with E-state index in [0.29, 0.717) is 25.4 Å². The molecule has 2 aromatic carbocycles. The minimum Gasteiger partial charge on any atom is -0.384 e. The third-order valence-corrected chi connectivity index (χ3v) is 6.24. The van der Waals surface area contributed by atoms with Crippen molar-refractivity contribution in [3.8, 4) is 11.3 Å². The molecule has 0 radical (unpaired) electrons. The highest BCUT2D eigenvalue weighted by Gasteiger charge is 2.21. The smallest absolute Gasteiger partial charge is 0.227 e.